The molecule has 2 rings (SSSR count). The molecule has 28 heavy (non-hydrogen) atoms. The minimum absolute atomic E-state index is 0.0476. The smallest absolute Gasteiger partial charge is 0.161 e. The van der Waals surface area contributed by atoms with Gasteiger partial charge in [0.15, 0.2) is 11.5 Å². The Morgan fingerprint density at radius 2 is 1.75 bits per heavy atom. The Balaban J connectivity index is 2.05. The highest BCUT2D eigenvalue weighted by atomic mass is 35.5. The van der Waals surface area contributed by atoms with Crippen molar-refractivity contribution in [1.29, 1.82) is 0 Å². The SMILES string of the molecule is COc1cc(C[NH2+]C(C)(C)CC(C)(C)C)ccc1OCc1c(F)cccc1Cl. The van der Waals surface area contributed by atoms with Gasteiger partial charge in [0, 0.05) is 17.5 Å². The third kappa shape index (κ3) is 6.68. The van der Waals surface area contributed by atoms with Gasteiger partial charge in [0.1, 0.15) is 19.0 Å². The van der Waals surface area contributed by atoms with Crippen molar-refractivity contribution in [1.82, 2.24) is 0 Å². The predicted octanol–water partition coefficient (Wildman–Crippen LogP) is 5.34. The Kier molecular flexibility index (Phi) is 7.35. The minimum atomic E-state index is -0.376. The first-order valence-electron chi connectivity index (χ1n) is 9.58. The van der Waals surface area contributed by atoms with Crippen molar-refractivity contribution < 1.29 is 19.2 Å². The molecule has 0 saturated carbocycles. The van der Waals surface area contributed by atoms with Crippen LogP contribution in [-0.2, 0) is 13.2 Å². The average molecular weight is 409 g/mol. The summed E-state index contributed by atoms with van der Waals surface area (Å²) in [6.45, 7) is 12.2. The van der Waals surface area contributed by atoms with Gasteiger partial charge in [-0.05, 0) is 49.6 Å². The third-order valence-corrected chi connectivity index (χ3v) is 4.89. The molecule has 2 aromatic rings. The highest BCUT2D eigenvalue weighted by molar-refractivity contribution is 6.31. The Hall–Kier alpha value is -1.78. The molecule has 0 aliphatic carbocycles. The van der Waals surface area contributed by atoms with E-state index in [1.165, 1.54) is 6.07 Å². The van der Waals surface area contributed by atoms with Crippen LogP contribution in [-0.4, -0.2) is 12.6 Å². The molecule has 2 N–H and O–H groups in total. The largest absolute Gasteiger partial charge is 0.493 e. The van der Waals surface area contributed by atoms with E-state index < -0.39 is 0 Å². The summed E-state index contributed by atoms with van der Waals surface area (Å²) < 4.78 is 25.2. The lowest BCUT2D eigenvalue weighted by Crippen LogP contribution is -2.94. The lowest BCUT2D eigenvalue weighted by atomic mass is 9.82. The van der Waals surface area contributed by atoms with Gasteiger partial charge in [0.05, 0.1) is 17.7 Å². The maximum absolute atomic E-state index is 13.9. The van der Waals surface area contributed by atoms with E-state index >= 15 is 0 Å². The minimum Gasteiger partial charge on any atom is -0.493 e. The van der Waals surface area contributed by atoms with E-state index in [4.69, 9.17) is 21.1 Å². The lowest BCUT2D eigenvalue weighted by Gasteiger charge is -2.30. The van der Waals surface area contributed by atoms with E-state index in [0.29, 0.717) is 22.1 Å². The molecule has 0 aliphatic rings. The topological polar surface area (TPSA) is 35.1 Å². The number of hydrogen-bond donors (Lipinski definition) is 1. The second kappa shape index (κ2) is 9.15. The number of rotatable bonds is 8. The van der Waals surface area contributed by atoms with Crippen LogP contribution in [0.1, 0.15) is 52.2 Å². The highest BCUT2D eigenvalue weighted by Crippen LogP contribution is 2.30. The standard InChI is InChI=1S/C23H31ClFNO2/c1-22(2,3)15-23(4,5)26-13-16-10-11-20(21(12-16)27-6)28-14-17-18(24)8-7-9-19(17)25/h7-12,26H,13-15H2,1-6H3/p+1. The molecule has 154 valence electrons. The number of hydrogen-bond acceptors (Lipinski definition) is 2. The first kappa shape index (κ1) is 22.5. The van der Waals surface area contributed by atoms with Crippen molar-refractivity contribution in [2.24, 2.45) is 5.41 Å². The highest BCUT2D eigenvalue weighted by Gasteiger charge is 2.28. The van der Waals surface area contributed by atoms with Crippen LogP contribution < -0.4 is 14.8 Å². The predicted molar refractivity (Wildman–Crippen MR) is 113 cm³/mol. The fourth-order valence-corrected chi connectivity index (χ4v) is 3.83. The Morgan fingerprint density at radius 1 is 1.04 bits per heavy atom. The fraction of sp³-hybridized carbons (Fsp3) is 0.478. The third-order valence-electron chi connectivity index (χ3n) is 4.54. The Morgan fingerprint density at radius 3 is 2.36 bits per heavy atom. The van der Waals surface area contributed by atoms with Crippen LogP contribution in [0.2, 0.25) is 5.02 Å². The maximum Gasteiger partial charge on any atom is 0.161 e. The van der Waals surface area contributed by atoms with Crippen molar-refractivity contribution >= 4 is 11.6 Å². The van der Waals surface area contributed by atoms with Gasteiger partial charge in [0.2, 0.25) is 0 Å². The van der Waals surface area contributed by atoms with Crippen LogP contribution in [0.25, 0.3) is 0 Å². The molecule has 3 nitrogen and oxygen atoms in total. The van der Waals surface area contributed by atoms with E-state index in [1.54, 1.807) is 19.2 Å². The maximum atomic E-state index is 13.9. The van der Waals surface area contributed by atoms with Crippen LogP contribution in [0.4, 0.5) is 4.39 Å². The Bertz CT molecular complexity index is 779. The molecule has 5 heteroatoms. The summed E-state index contributed by atoms with van der Waals surface area (Å²) in [6.07, 6.45) is 1.11. The van der Waals surface area contributed by atoms with Gasteiger partial charge >= 0.3 is 0 Å². The molecule has 0 atom stereocenters. The summed E-state index contributed by atoms with van der Waals surface area (Å²) in [5.41, 5.74) is 1.91. The second-order valence-corrected chi connectivity index (χ2v) is 9.52. The molecule has 0 fully saturated rings. The van der Waals surface area contributed by atoms with Crippen LogP contribution in [0.15, 0.2) is 36.4 Å². The van der Waals surface area contributed by atoms with Crippen molar-refractivity contribution in [2.45, 2.75) is 59.7 Å². The van der Waals surface area contributed by atoms with Crippen molar-refractivity contribution in [3.05, 3.63) is 58.4 Å². The van der Waals surface area contributed by atoms with E-state index in [9.17, 15) is 4.39 Å². The van der Waals surface area contributed by atoms with Gasteiger partial charge in [-0.25, -0.2) is 4.39 Å². The van der Waals surface area contributed by atoms with Crippen LogP contribution >= 0.6 is 11.6 Å². The summed E-state index contributed by atoms with van der Waals surface area (Å²) >= 11 is 6.07. The van der Waals surface area contributed by atoms with Crippen LogP contribution in [0.3, 0.4) is 0 Å². The molecule has 0 amide bonds. The van der Waals surface area contributed by atoms with Crippen molar-refractivity contribution in [2.75, 3.05) is 7.11 Å². The van der Waals surface area contributed by atoms with Crippen molar-refractivity contribution in [3.8, 4) is 11.5 Å². The summed E-state index contributed by atoms with van der Waals surface area (Å²) in [4.78, 5) is 0. The van der Waals surface area contributed by atoms with Crippen molar-refractivity contribution in [3.63, 3.8) is 0 Å². The fourth-order valence-electron chi connectivity index (χ4n) is 3.61. The van der Waals surface area contributed by atoms with E-state index in [1.807, 2.05) is 18.2 Å². The first-order chi connectivity index (χ1) is 13.0. The zero-order chi connectivity index (χ0) is 20.9. The quantitative estimate of drug-likeness (QED) is 0.639. The van der Waals surface area contributed by atoms with E-state index in [2.05, 4.69) is 39.9 Å². The summed E-state index contributed by atoms with van der Waals surface area (Å²) in [5.74, 6) is 0.824. The molecule has 0 heterocycles. The molecule has 0 aromatic heterocycles. The lowest BCUT2D eigenvalue weighted by molar-refractivity contribution is -0.737. The van der Waals surface area contributed by atoms with E-state index in [-0.39, 0.29) is 23.4 Å². The summed E-state index contributed by atoms with van der Waals surface area (Å²) in [7, 11) is 1.61. The number of ether oxygens (including phenoxy) is 2. The second-order valence-electron chi connectivity index (χ2n) is 9.11. The molecule has 0 unspecified atom stereocenters. The van der Waals surface area contributed by atoms with Crippen LogP contribution in [0, 0.1) is 11.2 Å². The number of benzene rings is 2. The number of nitrogens with two attached hydrogens (primary N) is 1. The zero-order valence-corrected chi connectivity index (χ0v) is 18.5. The molecular formula is C23H32ClFNO2+. The van der Waals surface area contributed by atoms with Gasteiger partial charge in [0.25, 0.3) is 0 Å². The van der Waals surface area contributed by atoms with Gasteiger partial charge in [-0.2, -0.15) is 0 Å². The Labute approximate surface area is 173 Å². The number of halogens is 2. The van der Waals surface area contributed by atoms with Gasteiger partial charge in [-0.3, -0.25) is 0 Å². The average Bonchev–Trinajstić information content (AvgIpc) is 2.58. The van der Waals surface area contributed by atoms with Crippen LogP contribution in [0.5, 0.6) is 11.5 Å². The molecule has 0 aliphatic heterocycles. The molecule has 0 spiro atoms. The molecule has 2 aromatic carbocycles. The van der Waals surface area contributed by atoms with Gasteiger partial charge < -0.3 is 14.8 Å². The summed E-state index contributed by atoms with van der Waals surface area (Å²) in [5, 5.41) is 2.71. The molecule has 0 bridgehead atoms. The zero-order valence-electron chi connectivity index (χ0n) is 17.7. The monoisotopic (exact) mass is 408 g/mol. The number of quaternary nitrogens is 1. The van der Waals surface area contributed by atoms with Gasteiger partial charge in [-0.15, -0.1) is 0 Å². The van der Waals surface area contributed by atoms with E-state index in [0.717, 1.165) is 18.5 Å². The molecule has 0 saturated heterocycles. The molecule has 0 radical (unpaired) electrons. The van der Waals surface area contributed by atoms with Gasteiger partial charge in [-0.1, -0.05) is 38.4 Å². The normalized spacial score (nSPS) is 12.1. The first-order valence-corrected chi connectivity index (χ1v) is 9.95. The molecular weight excluding hydrogens is 377 g/mol. The summed E-state index contributed by atoms with van der Waals surface area (Å²) in [6, 6.07) is 10.5. The number of methoxy groups -OCH3 is 1.